The maximum absolute atomic E-state index is 13.6. The van der Waals surface area contributed by atoms with Crippen LogP contribution >= 0.6 is 0 Å². The predicted molar refractivity (Wildman–Crippen MR) is 131 cm³/mol. The van der Waals surface area contributed by atoms with Gasteiger partial charge >= 0.3 is 0 Å². The summed E-state index contributed by atoms with van der Waals surface area (Å²) in [7, 11) is 1.58. The van der Waals surface area contributed by atoms with E-state index in [-0.39, 0.29) is 23.1 Å². The first-order valence-electron chi connectivity index (χ1n) is 11.8. The molecule has 0 unspecified atom stereocenters. The number of nitrogens with two attached hydrogens (primary N) is 1. The van der Waals surface area contributed by atoms with Crippen molar-refractivity contribution in [2.24, 2.45) is 5.73 Å². The quantitative estimate of drug-likeness (QED) is 0.612. The molecule has 0 saturated carbocycles. The number of carbonyl (C=O) groups excluding carboxylic acids is 3. The zero-order valence-corrected chi connectivity index (χ0v) is 19.6. The lowest BCUT2D eigenvalue weighted by Crippen LogP contribution is -2.39. The molecule has 0 spiro atoms. The Kier molecular flexibility index (Phi) is 5.98. The number of amides is 3. The van der Waals surface area contributed by atoms with Crippen LogP contribution in [0.3, 0.4) is 0 Å². The summed E-state index contributed by atoms with van der Waals surface area (Å²) in [6, 6.07) is 14.6. The highest BCUT2D eigenvalue weighted by Gasteiger charge is 2.35. The number of nitrogens with zero attached hydrogens (tertiary/aromatic N) is 4. The van der Waals surface area contributed by atoms with Crippen LogP contribution in [0, 0.1) is 0 Å². The van der Waals surface area contributed by atoms with Gasteiger partial charge in [0.05, 0.1) is 24.1 Å². The number of hydrogen-bond acceptors (Lipinski definition) is 5. The van der Waals surface area contributed by atoms with Gasteiger partial charge in [-0.1, -0.05) is 6.42 Å². The maximum Gasteiger partial charge on any atom is 0.270 e. The van der Waals surface area contributed by atoms with Crippen molar-refractivity contribution in [3.8, 4) is 11.4 Å². The zero-order valence-electron chi connectivity index (χ0n) is 19.6. The minimum Gasteiger partial charge on any atom is -0.497 e. The zero-order chi connectivity index (χ0) is 24.5. The van der Waals surface area contributed by atoms with Crippen LogP contribution in [0.15, 0.2) is 48.5 Å². The van der Waals surface area contributed by atoms with Gasteiger partial charge in [0, 0.05) is 37.3 Å². The Balaban J connectivity index is 1.46. The van der Waals surface area contributed by atoms with Gasteiger partial charge in [-0.05, 0) is 61.4 Å². The molecular weight excluding hydrogens is 446 g/mol. The number of primary amides is 1. The van der Waals surface area contributed by atoms with Gasteiger partial charge in [0.25, 0.3) is 11.8 Å². The lowest BCUT2D eigenvalue weighted by molar-refractivity contribution is -0.118. The number of ether oxygens (including phenoxy) is 1. The van der Waals surface area contributed by atoms with Gasteiger partial charge in [0.15, 0.2) is 5.69 Å². The maximum atomic E-state index is 13.6. The van der Waals surface area contributed by atoms with E-state index in [9.17, 15) is 14.4 Å². The summed E-state index contributed by atoms with van der Waals surface area (Å²) in [5.41, 5.74) is 8.67. The fraction of sp³-hybridized carbons (Fsp3) is 0.308. The minimum atomic E-state index is -0.751. The third kappa shape index (κ3) is 4.14. The Morgan fingerprint density at radius 3 is 2.17 bits per heavy atom. The highest BCUT2D eigenvalue weighted by Crippen LogP contribution is 2.31. The standard InChI is InChI=1S/C26H27N5O4/c1-35-20-12-10-19(11-13-20)31-21-14-16-30(26(34)23(21)24(28-31)25(27)33)18-8-6-17(7-9-18)29-15-4-2-3-5-22(29)32/h6-13H,2-5,14-16H2,1H3,(H2,27,33). The molecule has 2 N–H and O–H groups in total. The molecule has 0 atom stereocenters. The highest BCUT2D eigenvalue weighted by atomic mass is 16.5. The summed E-state index contributed by atoms with van der Waals surface area (Å²) < 4.78 is 6.82. The smallest absolute Gasteiger partial charge is 0.270 e. The normalized spacial score (nSPS) is 16.1. The van der Waals surface area contributed by atoms with Crippen LogP contribution in [-0.2, 0) is 11.2 Å². The molecule has 1 aromatic heterocycles. The van der Waals surface area contributed by atoms with Crippen LogP contribution in [0.5, 0.6) is 5.75 Å². The van der Waals surface area contributed by atoms with Crippen LogP contribution in [0.4, 0.5) is 11.4 Å². The van der Waals surface area contributed by atoms with E-state index in [1.54, 1.807) is 28.8 Å². The van der Waals surface area contributed by atoms with Gasteiger partial charge in [-0.25, -0.2) is 4.68 Å². The molecule has 5 rings (SSSR count). The van der Waals surface area contributed by atoms with E-state index in [1.165, 1.54) is 0 Å². The van der Waals surface area contributed by atoms with E-state index in [1.807, 2.05) is 41.3 Å². The van der Waals surface area contributed by atoms with Crippen molar-refractivity contribution in [3.05, 3.63) is 65.5 Å². The fourth-order valence-corrected chi connectivity index (χ4v) is 4.79. The van der Waals surface area contributed by atoms with E-state index in [0.29, 0.717) is 48.7 Å². The van der Waals surface area contributed by atoms with Gasteiger partial charge in [-0.2, -0.15) is 5.10 Å². The summed E-state index contributed by atoms with van der Waals surface area (Å²) in [4.78, 5) is 41.6. The molecule has 0 bridgehead atoms. The molecule has 9 heteroatoms. The summed E-state index contributed by atoms with van der Waals surface area (Å²) in [5.74, 6) is -0.249. The molecule has 9 nitrogen and oxygen atoms in total. The number of rotatable bonds is 5. The second-order valence-corrected chi connectivity index (χ2v) is 8.72. The van der Waals surface area contributed by atoms with E-state index in [2.05, 4.69) is 5.10 Å². The van der Waals surface area contributed by atoms with E-state index < -0.39 is 5.91 Å². The van der Waals surface area contributed by atoms with Crippen LogP contribution in [-0.4, -0.2) is 47.7 Å². The van der Waals surface area contributed by atoms with Crippen molar-refractivity contribution >= 4 is 29.1 Å². The molecule has 35 heavy (non-hydrogen) atoms. The largest absolute Gasteiger partial charge is 0.497 e. The van der Waals surface area contributed by atoms with E-state index >= 15 is 0 Å². The molecule has 2 aliphatic rings. The van der Waals surface area contributed by atoms with Gasteiger partial charge in [-0.15, -0.1) is 0 Å². The molecule has 3 heterocycles. The number of aromatic nitrogens is 2. The Morgan fingerprint density at radius 2 is 1.51 bits per heavy atom. The first-order chi connectivity index (χ1) is 17.0. The van der Waals surface area contributed by atoms with E-state index in [0.717, 1.165) is 24.9 Å². The number of anilines is 2. The second-order valence-electron chi connectivity index (χ2n) is 8.72. The van der Waals surface area contributed by atoms with Crippen molar-refractivity contribution in [1.29, 1.82) is 0 Å². The van der Waals surface area contributed by atoms with E-state index in [4.69, 9.17) is 10.5 Å². The molecule has 3 amide bonds. The molecular formula is C26H27N5O4. The summed E-state index contributed by atoms with van der Waals surface area (Å²) in [6.45, 7) is 1.13. The lowest BCUT2D eigenvalue weighted by atomic mass is 10.0. The molecule has 2 aromatic carbocycles. The van der Waals surface area contributed by atoms with Gasteiger partial charge < -0.3 is 20.3 Å². The SMILES string of the molecule is COc1ccc(-n2nc(C(N)=O)c3c2CCN(c2ccc(N4CCCCCC4=O)cc2)C3=O)cc1. The van der Waals surface area contributed by atoms with Gasteiger partial charge in [0.1, 0.15) is 5.75 Å². The Labute approximate surface area is 203 Å². The summed E-state index contributed by atoms with van der Waals surface area (Å²) >= 11 is 0. The predicted octanol–water partition coefficient (Wildman–Crippen LogP) is 3.09. The van der Waals surface area contributed by atoms with Crippen LogP contribution < -0.4 is 20.3 Å². The van der Waals surface area contributed by atoms with Crippen LogP contribution in [0.1, 0.15) is 52.2 Å². The van der Waals surface area contributed by atoms with Gasteiger partial charge in [0.2, 0.25) is 5.91 Å². The molecule has 0 radical (unpaired) electrons. The molecule has 1 saturated heterocycles. The minimum absolute atomic E-state index is 0.0442. The van der Waals surface area contributed by atoms with Crippen molar-refractivity contribution in [3.63, 3.8) is 0 Å². The highest BCUT2D eigenvalue weighted by molar-refractivity contribution is 6.14. The number of carbonyl (C=O) groups is 3. The molecule has 1 fully saturated rings. The monoisotopic (exact) mass is 473 g/mol. The first kappa shape index (κ1) is 22.6. The van der Waals surface area contributed by atoms with Crippen molar-refractivity contribution < 1.29 is 19.1 Å². The molecule has 180 valence electrons. The van der Waals surface area contributed by atoms with Crippen LogP contribution in [0.2, 0.25) is 0 Å². The number of benzene rings is 2. The average Bonchev–Trinajstić information content (AvgIpc) is 3.15. The molecule has 2 aliphatic heterocycles. The van der Waals surface area contributed by atoms with Crippen LogP contribution in [0.25, 0.3) is 5.69 Å². The van der Waals surface area contributed by atoms with Crippen molar-refractivity contribution in [2.75, 3.05) is 30.0 Å². The number of fused-ring (bicyclic) bond motifs is 1. The average molecular weight is 474 g/mol. The van der Waals surface area contributed by atoms with Gasteiger partial charge in [-0.3, -0.25) is 14.4 Å². The van der Waals surface area contributed by atoms with Crippen molar-refractivity contribution in [1.82, 2.24) is 9.78 Å². The summed E-state index contributed by atoms with van der Waals surface area (Å²) in [5, 5.41) is 4.40. The number of hydrogen-bond donors (Lipinski definition) is 1. The molecule has 0 aliphatic carbocycles. The third-order valence-electron chi connectivity index (χ3n) is 6.61. The Hall–Kier alpha value is -4.14. The third-order valence-corrected chi connectivity index (χ3v) is 6.61. The fourth-order valence-electron chi connectivity index (χ4n) is 4.79. The summed E-state index contributed by atoms with van der Waals surface area (Å²) in [6.07, 6.45) is 4.01. The van der Waals surface area contributed by atoms with Crippen molar-refractivity contribution in [2.45, 2.75) is 32.1 Å². The Morgan fingerprint density at radius 1 is 0.857 bits per heavy atom. The first-order valence-corrected chi connectivity index (χ1v) is 11.8. The number of methoxy groups -OCH3 is 1. The topological polar surface area (TPSA) is 111 Å². The molecule has 3 aromatic rings. The Bertz CT molecular complexity index is 1280. The lowest BCUT2D eigenvalue weighted by Gasteiger charge is -2.28. The second kappa shape index (κ2) is 9.25.